The van der Waals surface area contributed by atoms with E-state index in [0.717, 1.165) is 0 Å². The molecule has 0 radical (unpaired) electrons. The SMILES string of the molecule is CC(=O)N1CCN(c2ccc(C(=O)Nc3ccccc3F)nn2)CC1. The number of carbonyl (C=O) groups excluding carboxylic acids is 2. The van der Waals surface area contributed by atoms with Crippen LogP contribution in [0.1, 0.15) is 17.4 Å². The zero-order chi connectivity index (χ0) is 17.8. The number of para-hydroxylation sites is 1. The van der Waals surface area contributed by atoms with Crippen LogP contribution >= 0.6 is 0 Å². The molecule has 0 bridgehead atoms. The zero-order valence-corrected chi connectivity index (χ0v) is 13.8. The summed E-state index contributed by atoms with van der Waals surface area (Å²) in [6.07, 6.45) is 0. The molecule has 0 unspecified atom stereocenters. The smallest absolute Gasteiger partial charge is 0.276 e. The fourth-order valence-electron chi connectivity index (χ4n) is 2.61. The molecule has 1 saturated heterocycles. The van der Waals surface area contributed by atoms with Gasteiger partial charge in [0.1, 0.15) is 5.82 Å². The van der Waals surface area contributed by atoms with Crippen molar-refractivity contribution in [3.05, 3.63) is 47.9 Å². The quantitative estimate of drug-likeness (QED) is 0.914. The van der Waals surface area contributed by atoms with Gasteiger partial charge in [0.05, 0.1) is 5.69 Å². The highest BCUT2D eigenvalue weighted by molar-refractivity contribution is 6.02. The molecule has 1 aliphatic rings. The standard InChI is InChI=1S/C17H18FN5O2/c1-12(24)22-8-10-23(11-9-22)16-7-6-15(20-21-16)17(25)19-14-5-3-2-4-13(14)18/h2-7H,8-11H2,1H3,(H,19,25). The molecule has 0 aliphatic carbocycles. The number of hydrogen-bond donors (Lipinski definition) is 1. The van der Waals surface area contributed by atoms with Gasteiger partial charge in [0.15, 0.2) is 11.5 Å². The van der Waals surface area contributed by atoms with Crippen LogP contribution in [0, 0.1) is 5.82 Å². The second-order valence-electron chi connectivity index (χ2n) is 5.70. The summed E-state index contributed by atoms with van der Waals surface area (Å²) in [6, 6.07) is 9.18. The third-order valence-corrected chi connectivity index (χ3v) is 4.05. The number of amides is 2. The molecule has 0 spiro atoms. The van der Waals surface area contributed by atoms with Crippen LogP contribution in [0.3, 0.4) is 0 Å². The number of benzene rings is 1. The van der Waals surface area contributed by atoms with Crippen LogP contribution in [-0.2, 0) is 4.79 Å². The number of halogens is 1. The first-order chi connectivity index (χ1) is 12.0. The number of nitrogens with zero attached hydrogens (tertiary/aromatic N) is 4. The van der Waals surface area contributed by atoms with Crippen LogP contribution in [0.15, 0.2) is 36.4 Å². The molecule has 0 atom stereocenters. The molecule has 2 amide bonds. The average molecular weight is 343 g/mol. The molecule has 1 aliphatic heterocycles. The average Bonchev–Trinajstić information content (AvgIpc) is 2.64. The first kappa shape index (κ1) is 16.8. The zero-order valence-electron chi connectivity index (χ0n) is 13.8. The van der Waals surface area contributed by atoms with Gasteiger partial charge in [0, 0.05) is 33.1 Å². The summed E-state index contributed by atoms with van der Waals surface area (Å²) in [6.45, 7) is 4.14. The van der Waals surface area contributed by atoms with Gasteiger partial charge in [-0.3, -0.25) is 9.59 Å². The molecule has 1 fully saturated rings. The number of anilines is 2. The summed E-state index contributed by atoms with van der Waals surface area (Å²) < 4.78 is 13.6. The molecular formula is C17H18FN5O2. The Morgan fingerprint density at radius 1 is 1.04 bits per heavy atom. The Morgan fingerprint density at radius 3 is 2.36 bits per heavy atom. The van der Waals surface area contributed by atoms with Crippen molar-refractivity contribution in [3.8, 4) is 0 Å². The monoisotopic (exact) mass is 343 g/mol. The number of hydrogen-bond acceptors (Lipinski definition) is 5. The highest BCUT2D eigenvalue weighted by Crippen LogP contribution is 2.15. The Morgan fingerprint density at radius 2 is 1.76 bits per heavy atom. The fraction of sp³-hybridized carbons (Fsp3) is 0.294. The van der Waals surface area contributed by atoms with E-state index in [1.54, 1.807) is 36.1 Å². The summed E-state index contributed by atoms with van der Waals surface area (Å²) in [5.74, 6) is -0.328. The van der Waals surface area contributed by atoms with Crippen molar-refractivity contribution < 1.29 is 14.0 Å². The lowest BCUT2D eigenvalue weighted by atomic mass is 10.2. The minimum absolute atomic E-state index is 0.0610. The molecule has 2 aromatic rings. The predicted octanol–water partition coefficient (Wildman–Crippen LogP) is 1.54. The summed E-state index contributed by atoms with van der Waals surface area (Å²) in [7, 11) is 0. The van der Waals surface area contributed by atoms with Crippen molar-refractivity contribution in [2.24, 2.45) is 0 Å². The lowest BCUT2D eigenvalue weighted by Crippen LogP contribution is -2.48. The molecule has 25 heavy (non-hydrogen) atoms. The fourth-order valence-corrected chi connectivity index (χ4v) is 2.61. The van der Waals surface area contributed by atoms with Crippen molar-refractivity contribution in [3.63, 3.8) is 0 Å². The van der Waals surface area contributed by atoms with Gasteiger partial charge >= 0.3 is 0 Å². The van der Waals surface area contributed by atoms with E-state index in [9.17, 15) is 14.0 Å². The molecule has 1 aromatic heterocycles. The lowest BCUT2D eigenvalue weighted by molar-refractivity contribution is -0.129. The van der Waals surface area contributed by atoms with Gasteiger partial charge in [-0.05, 0) is 24.3 Å². The number of carbonyl (C=O) groups is 2. The number of rotatable bonds is 3. The molecule has 8 heteroatoms. The Labute approximate surface area is 144 Å². The maximum Gasteiger partial charge on any atom is 0.276 e. The topological polar surface area (TPSA) is 78.4 Å². The van der Waals surface area contributed by atoms with Crippen molar-refractivity contribution in [1.29, 1.82) is 0 Å². The van der Waals surface area contributed by atoms with E-state index >= 15 is 0 Å². The van der Waals surface area contributed by atoms with E-state index in [4.69, 9.17) is 0 Å². The summed E-state index contributed by atoms with van der Waals surface area (Å²) in [5, 5.41) is 10.5. The van der Waals surface area contributed by atoms with Gasteiger partial charge < -0.3 is 15.1 Å². The number of nitrogens with one attached hydrogen (secondary N) is 1. The third-order valence-electron chi connectivity index (χ3n) is 4.05. The van der Waals surface area contributed by atoms with Crippen molar-refractivity contribution in [2.75, 3.05) is 36.4 Å². The Bertz CT molecular complexity index is 773. The maximum absolute atomic E-state index is 13.6. The van der Waals surface area contributed by atoms with Gasteiger partial charge in [0.25, 0.3) is 5.91 Å². The second-order valence-corrected chi connectivity index (χ2v) is 5.70. The molecule has 0 saturated carbocycles. The largest absolute Gasteiger partial charge is 0.352 e. The van der Waals surface area contributed by atoms with Gasteiger partial charge in [-0.2, -0.15) is 0 Å². The molecule has 3 rings (SSSR count). The maximum atomic E-state index is 13.6. The van der Waals surface area contributed by atoms with E-state index in [1.165, 1.54) is 12.1 Å². The van der Waals surface area contributed by atoms with Crippen LogP contribution in [0.5, 0.6) is 0 Å². The third kappa shape index (κ3) is 3.90. The number of aromatic nitrogens is 2. The van der Waals surface area contributed by atoms with E-state index in [2.05, 4.69) is 15.5 Å². The minimum Gasteiger partial charge on any atom is -0.352 e. The molecule has 1 N–H and O–H groups in total. The Hall–Kier alpha value is -3.03. The second kappa shape index (κ2) is 7.25. The molecule has 130 valence electrons. The molecule has 7 nitrogen and oxygen atoms in total. The highest BCUT2D eigenvalue weighted by atomic mass is 19.1. The highest BCUT2D eigenvalue weighted by Gasteiger charge is 2.20. The van der Waals surface area contributed by atoms with Crippen LogP contribution in [-0.4, -0.2) is 53.1 Å². The first-order valence-electron chi connectivity index (χ1n) is 7.94. The molecule has 1 aromatic carbocycles. The normalized spacial score (nSPS) is 14.3. The van der Waals surface area contributed by atoms with Crippen molar-refractivity contribution >= 4 is 23.3 Å². The van der Waals surface area contributed by atoms with Gasteiger partial charge in [-0.1, -0.05) is 12.1 Å². The van der Waals surface area contributed by atoms with Gasteiger partial charge in [0.2, 0.25) is 5.91 Å². The Balaban J connectivity index is 1.63. The van der Waals surface area contributed by atoms with E-state index < -0.39 is 11.7 Å². The van der Waals surface area contributed by atoms with Gasteiger partial charge in [-0.15, -0.1) is 10.2 Å². The Kier molecular flexibility index (Phi) is 4.87. The van der Waals surface area contributed by atoms with Crippen LogP contribution in [0.25, 0.3) is 0 Å². The van der Waals surface area contributed by atoms with Gasteiger partial charge in [-0.25, -0.2) is 4.39 Å². The van der Waals surface area contributed by atoms with Crippen LogP contribution in [0.4, 0.5) is 15.9 Å². The minimum atomic E-state index is -0.523. The summed E-state index contributed by atoms with van der Waals surface area (Å²) >= 11 is 0. The first-order valence-corrected chi connectivity index (χ1v) is 7.94. The van der Waals surface area contributed by atoms with Crippen LogP contribution in [0.2, 0.25) is 0 Å². The van der Waals surface area contributed by atoms with Crippen molar-refractivity contribution in [2.45, 2.75) is 6.92 Å². The summed E-state index contributed by atoms with van der Waals surface area (Å²) in [5.41, 5.74) is 0.202. The van der Waals surface area contributed by atoms with E-state index in [1.807, 2.05) is 4.90 Å². The van der Waals surface area contributed by atoms with Crippen molar-refractivity contribution in [1.82, 2.24) is 15.1 Å². The van der Waals surface area contributed by atoms with Crippen LogP contribution < -0.4 is 10.2 Å². The van der Waals surface area contributed by atoms with E-state index in [0.29, 0.717) is 32.0 Å². The lowest BCUT2D eigenvalue weighted by Gasteiger charge is -2.34. The van der Waals surface area contributed by atoms with E-state index in [-0.39, 0.29) is 17.3 Å². The summed E-state index contributed by atoms with van der Waals surface area (Å²) in [4.78, 5) is 27.3. The molecule has 2 heterocycles. The predicted molar refractivity (Wildman–Crippen MR) is 90.9 cm³/mol. The number of piperazine rings is 1. The molecular weight excluding hydrogens is 325 g/mol.